The first kappa shape index (κ1) is 13.4. The number of ether oxygens (including phenoxy) is 1. The predicted octanol–water partition coefficient (Wildman–Crippen LogP) is 1.97. The molecule has 0 aliphatic rings. The third-order valence-corrected chi connectivity index (χ3v) is 2.00. The number of hydrogen-bond donors (Lipinski definition) is 1. The third-order valence-electron chi connectivity index (χ3n) is 2.00. The number of esters is 1. The molecule has 0 bridgehead atoms. The fraction of sp³-hybridized carbons (Fsp3) is 0.909. The van der Waals surface area contributed by atoms with Gasteiger partial charge in [0.25, 0.3) is 0 Å². The summed E-state index contributed by atoms with van der Waals surface area (Å²) < 4.78 is 5.07. The first-order valence-corrected chi connectivity index (χ1v) is 5.47. The number of carbonyl (C=O) groups excluding carboxylic acids is 1. The molecule has 0 unspecified atom stereocenters. The van der Waals surface area contributed by atoms with Crippen molar-refractivity contribution in [2.45, 2.75) is 39.5 Å². The molecule has 0 spiro atoms. The monoisotopic (exact) mass is 201 g/mol. The molecule has 0 amide bonds. The van der Waals surface area contributed by atoms with E-state index < -0.39 is 0 Å². The molecule has 3 nitrogen and oxygen atoms in total. The Hall–Kier alpha value is -0.570. The molecular weight excluding hydrogens is 178 g/mol. The highest BCUT2D eigenvalue weighted by atomic mass is 16.5. The zero-order valence-electron chi connectivity index (χ0n) is 9.64. The molecule has 0 aromatic rings. The van der Waals surface area contributed by atoms with Crippen LogP contribution in [0.3, 0.4) is 0 Å². The Morgan fingerprint density at radius 1 is 1.36 bits per heavy atom. The van der Waals surface area contributed by atoms with Crippen LogP contribution in [0.4, 0.5) is 0 Å². The minimum Gasteiger partial charge on any atom is -0.466 e. The van der Waals surface area contributed by atoms with Gasteiger partial charge in [-0.05, 0) is 38.8 Å². The number of nitrogens with one attached hydrogen (secondary N) is 1. The highest BCUT2D eigenvalue weighted by Crippen LogP contribution is 2.03. The molecule has 0 aliphatic carbocycles. The van der Waals surface area contributed by atoms with Gasteiger partial charge in [-0.2, -0.15) is 0 Å². The number of rotatable bonds is 8. The van der Waals surface area contributed by atoms with Crippen molar-refractivity contribution in [2.75, 3.05) is 20.2 Å². The summed E-state index contributed by atoms with van der Waals surface area (Å²) in [6, 6.07) is 0. The third kappa shape index (κ3) is 9.52. The maximum Gasteiger partial charge on any atom is 0.305 e. The summed E-state index contributed by atoms with van der Waals surface area (Å²) in [4.78, 5) is 11.1. The summed E-state index contributed by atoms with van der Waals surface area (Å²) in [6.45, 7) is 5.81. The van der Waals surface area contributed by atoms with Crippen molar-refractivity contribution < 1.29 is 9.53 Å². The van der Waals surface area contributed by atoms with Gasteiger partial charge in [-0.1, -0.05) is 13.8 Å². The molecule has 0 heterocycles. The van der Waals surface area contributed by atoms with Crippen LogP contribution < -0.4 is 5.32 Å². The van der Waals surface area contributed by atoms with Gasteiger partial charge in [-0.15, -0.1) is 0 Å². The van der Waals surface area contributed by atoms with Crippen LogP contribution in [0.5, 0.6) is 0 Å². The van der Waals surface area contributed by atoms with Gasteiger partial charge in [0.1, 0.15) is 0 Å². The average Bonchev–Trinajstić information content (AvgIpc) is 2.13. The normalized spacial score (nSPS) is 10.6. The fourth-order valence-electron chi connectivity index (χ4n) is 1.16. The molecule has 14 heavy (non-hydrogen) atoms. The first-order chi connectivity index (χ1) is 6.66. The second kappa shape index (κ2) is 9.00. The maximum absolute atomic E-state index is 11.1. The minimum atomic E-state index is -0.0657. The largest absolute Gasteiger partial charge is 0.466 e. The number of carbonyl (C=O) groups is 1. The van der Waals surface area contributed by atoms with Gasteiger partial charge >= 0.3 is 5.97 Å². The quantitative estimate of drug-likeness (QED) is 0.482. The topological polar surface area (TPSA) is 38.3 Å². The smallest absolute Gasteiger partial charge is 0.305 e. The molecule has 0 aromatic heterocycles. The van der Waals surface area contributed by atoms with Crippen molar-refractivity contribution in [2.24, 2.45) is 5.92 Å². The van der Waals surface area contributed by atoms with Crippen LogP contribution in [0, 0.1) is 5.92 Å². The van der Waals surface area contributed by atoms with E-state index in [0.717, 1.165) is 25.8 Å². The van der Waals surface area contributed by atoms with Gasteiger partial charge in [0.05, 0.1) is 6.61 Å². The summed E-state index contributed by atoms with van der Waals surface area (Å²) in [7, 11) is 1.88. The van der Waals surface area contributed by atoms with E-state index in [9.17, 15) is 4.79 Å². The molecule has 0 fully saturated rings. The van der Waals surface area contributed by atoms with Crippen LogP contribution in [-0.2, 0) is 9.53 Å². The predicted molar refractivity (Wildman–Crippen MR) is 58.2 cm³/mol. The summed E-state index contributed by atoms with van der Waals surface area (Å²) in [5.41, 5.74) is 0. The molecular formula is C11H23NO2. The molecule has 0 saturated heterocycles. The Kier molecular flexibility index (Phi) is 8.64. The van der Waals surface area contributed by atoms with E-state index in [1.807, 2.05) is 7.05 Å². The van der Waals surface area contributed by atoms with Crippen molar-refractivity contribution >= 4 is 5.97 Å². The van der Waals surface area contributed by atoms with Gasteiger partial charge in [-0.3, -0.25) is 4.79 Å². The van der Waals surface area contributed by atoms with Crippen LogP contribution >= 0.6 is 0 Å². The van der Waals surface area contributed by atoms with E-state index in [1.54, 1.807) is 0 Å². The Morgan fingerprint density at radius 2 is 2.07 bits per heavy atom. The van der Waals surface area contributed by atoms with Gasteiger partial charge in [0.2, 0.25) is 0 Å². The van der Waals surface area contributed by atoms with Crippen LogP contribution in [0.2, 0.25) is 0 Å². The number of hydrogen-bond acceptors (Lipinski definition) is 3. The van der Waals surface area contributed by atoms with E-state index >= 15 is 0 Å². The van der Waals surface area contributed by atoms with Gasteiger partial charge in [0, 0.05) is 6.42 Å². The molecule has 0 radical (unpaired) electrons. The maximum atomic E-state index is 11.1. The van der Waals surface area contributed by atoms with E-state index in [0.29, 0.717) is 18.9 Å². The zero-order valence-corrected chi connectivity index (χ0v) is 9.64. The van der Waals surface area contributed by atoms with Crippen molar-refractivity contribution in [1.29, 1.82) is 0 Å². The molecule has 0 aliphatic heterocycles. The van der Waals surface area contributed by atoms with Crippen molar-refractivity contribution in [3.8, 4) is 0 Å². The van der Waals surface area contributed by atoms with E-state index in [1.165, 1.54) is 0 Å². The molecule has 0 atom stereocenters. The summed E-state index contributed by atoms with van der Waals surface area (Å²) >= 11 is 0. The molecule has 0 saturated carbocycles. The second-order valence-electron chi connectivity index (χ2n) is 3.96. The Labute approximate surface area is 87.2 Å². The first-order valence-electron chi connectivity index (χ1n) is 5.47. The van der Waals surface area contributed by atoms with E-state index in [-0.39, 0.29) is 5.97 Å². The minimum absolute atomic E-state index is 0.0657. The molecule has 1 N–H and O–H groups in total. The molecule has 0 rings (SSSR count). The van der Waals surface area contributed by atoms with Crippen LogP contribution in [-0.4, -0.2) is 26.2 Å². The lowest BCUT2D eigenvalue weighted by Crippen LogP contribution is -2.12. The van der Waals surface area contributed by atoms with Gasteiger partial charge in [-0.25, -0.2) is 0 Å². The highest BCUT2D eigenvalue weighted by molar-refractivity contribution is 5.69. The SMILES string of the molecule is CNCCCC(=O)OCCCC(C)C. The second-order valence-corrected chi connectivity index (χ2v) is 3.96. The van der Waals surface area contributed by atoms with E-state index in [2.05, 4.69) is 19.2 Å². The van der Waals surface area contributed by atoms with Gasteiger partial charge in [0.15, 0.2) is 0 Å². The Balaban J connectivity index is 3.18. The van der Waals surface area contributed by atoms with Crippen molar-refractivity contribution in [3.05, 3.63) is 0 Å². The highest BCUT2D eigenvalue weighted by Gasteiger charge is 2.01. The lowest BCUT2D eigenvalue weighted by atomic mass is 10.1. The van der Waals surface area contributed by atoms with Crippen molar-refractivity contribution in [3.63, 3.8) is 0 Å². The lowest BCUT2D eigenvalue weighted by molar-refractivity contribution is -0.143. The molecule has 84 valence electrons. The summed E-state index contributed by atoms with van der Waals surface area (Å²) in [6.07, 6.45) is 3.50. The summed E-state index contributed by atoms with van der Waals surface area (Å²) in [5, 5.41) is 3.00. The molecule has 3 heteroatoms. The average molecular weight is 201 g/mol. The Morgan fingerprint density at radius 3 is 2.64 bits per heavy atom. The Bertz CT molecular complexity index is 146. The van der Waals surface area contributed by atoms with Gasteiger partial charge < -0.3 is 10.1 Å². The van der Waals surface area contributed by atoms with Crippen molar-refractivity contribution in [1.82, 2.24) is 5.32 Å². The summed E-state index contributed by atoms with van der Waals surface area (Å²) in [5.74, 6) is 0.627. The standard InChI is InChI=1S/C11H23NO2/c1-10(2)6-5-9-14-11(13)7-4-8-12-3/h10,12H,4-9H2,1-3H3. The fourth-order valence-corrected chi connectivity index (χ4v) is 1.16. The van der Waals surface area contributed by atoms with E-state index in [4.69, 9.17) is 4.74 Å². The lowest BCUT2D eigenvalue weighted by Gasteiger charge is -2.06. The van der Waals surface area contributed by atoms with Crippen LogP contribution in [0.15, 0.2) is 0 Å². The molecule has 0 aromatic carbocycles. The zero-order chi connectivity index (χ0) is 10.8. The van der Waals surface area contributed by atoms with Crippen LogP contribution in [0.25, 0.3) is 0 Å². The van der Waals surface area contributed by atoms with Crippen LogP contribution in [0.1, 0.15) is 39.5 Å².